The molecule has 0 radical (unpaired) electrons. The number of aromatic nitrogens is 3. The molecule has 4 rings (SSSR count). The topological polar surface area (TPSA) is 61.0 Å². The summed E-state index contributed by atoms with van der Waals surface area (Å²) in [5, 5.41) is 11.9. The van der Waals surface area contributed by atoms with E-state index in [4.69, 9.17) is 14.1 Å². The Balaban J connectivity index is 1.43. The fourth-order valence-electron chi connectivity index (χ4n) is 2.66. The van der Waals surface area contributed by atoms with Crippen LogP contribution in [0, 0.1) is 13.8 Å². The molecule has 0 saturated carbocycles. The van der Waals surface area contributed by atoms with Gasteiger partial charge in [-0.3, -0.25) is 0 Å². The number of thiazole rings is 1. The Morgan fingerprint density at radius 2 is 1.93 bits per heavy atom. The highest BCUT2D eigenvalue weighted by atomic mass is 32.2. The number of ether oxygens (including phenoxy) is 1. The largest absolute Gasteiger partial charge is 0.497 e. The van der Waals surface area contributed by atoms with Crippen LogP contribution in [0.2, 0.25) is 0 Å². The Morgan fingerprint density at radius 3 is 2.75 bits per heavy atom. The quantitative estimate of drug-likeness (QED) is 0.376. The molecule has 0 atom stereocenters. The lowest BCUT2D eigenvalue weighted by Gasteiger charge is -2.01. The molecule has 2 aromatic carbocycles. The predicted octanol–water partition coefficient (Wildman–Crippen LogP) is 5.78. The second-order valence-corrected chi connectivity index (χ2v) is 8.12. The molecule has 2 aromatic heterocycles. The van der Waals surface area contributed by atoms with Crippen molar-refractivity contribution in [3.8, 4) is 27.8 Å². The SMILES string of the molecule is COc1cccc(-c2nc(CSc3nnc(-c4ccc(C)c(C)c4)o3)cs2)c1. The molecule has 142 valence electrons. The number of nitrogens with zero attached hydrogens (tertiary/aromatic N) is 3. The van der Waals surface area contributed by atoms with Gasteiger partial charge < -0.3 is 9.15 Å². The Hall–Kier alpha value is -2.64. The van der Waals surface area contributed by atoms with E-state index in [0.29, 0.717) is 16.9 Å². The monoisotopic (exact) mass is 409 g/mol. The number of methoxy groups -OCH3 is 1. The van der Waals surface area contributed by atoms with Gasteiger partial charge in [-0.15, -0.1) is 21.5 Å². The lowest BCUT2D eigenvalue weighted by atomic mass is 10.1. The minimum absolute atomic E-state index is 0.543. The third-order valence-corrected chi connectivity index (χ3v) is 6.16. The summed E-state index contributed by atoms with van der Waals surface area (Å²) in [6.45, 7) is 4.16. The van der Waals surface area contributed by atoms with Crippen LogP contribution < -0.4 is 4.74 Å². The third-order valence-electron chi connectivity index (χ3n) is 4.37. The average molecular weight is 410 g/mol. The van der Waals surface area contributed by atoms with Crippen LogP contribution in [0.4, 0.5) is 0 Å². The molecular weight excluding hydrogens is 390 g/mol. The van der Waals surface area contributed by atoms with Crippen LogP contribution in [-0.4, -0.2) is 22.3 Å². The number of thioether (sulfide) groups is 1. The summed E-state index contributed by atoms with van der Waals surface area (Å²) in [4.78, 5) is 4.71. The van der Waals surface area contributed by atoms with E-state index in [9.17, 15) is 0 Å². The van der Waals surface area contributed by atoms with E-state index in [2.05, 4.69) is 41.6 Å². The number of hydrogen-bond donors (Lipinski definition) is 0. The van der Waals surface area contributed by atoms with Crippen LogP contribution in [0.5, 0.6) is 5.75 Å². The summed E-state index contributed by atoms with van der Waals surface area (Å²) in [6.07, 6.45) is 0. The molecule has 7 heteroatoms. The van der Waals surface area contributed by atoms with Gasteiger partial charge in [0.25, 0.3) is 5.22 Å². The molecule has 0 aliphatic rings. The molecule has 5 nitrogen and oxygen atoms in total. The summed E-state index contributed by atoms with van der Waals surface area (Å²) in [7, 11) is 1.67. The van der Waals surface area contributed by atoms with Gasteiger partial charge in [0.2, 0.25) is 5.89 Å². The van der Waals surface area contributed by atoms with Gasteiger partial charge in [0.15, 0.2) is 0 Å². The van der Waals surface area contributed by atoms with E-state index >= 15 is 0 Å². The van der Waals surface area contributed by atoms with Crippen molar-refractivity contribution in [1.82, 2.24) is 15.2 Å². The van der Waals surface area contributed by atoms with Gasteiger partial charge in [0.05, 0.1) is 12.8 Å². The van der Waals surface area contributed by atoms with Crippen molar-refractivity contribution in [2.24, 2.45) is 0 Å². The van der Waals surface area contributed by atoms with Crippen LogP contribution >= 0.6 is 23.1 Å². The van der Waals surface area contributed by atoms with E-state index in [1.54, 1.807) is 18.4 Å². The van der Waals surface area contributed by atoms with E-state index < -0.39 is 0 Å². The van der Waals surface area contributed by atoms with E-state index in [0.717, 1.165) is 27.6 Å². The lowest BCUT2D eigenvalue weighted by Crippen LogP contribution is -1.85. The van der Waals surface area contributed by atoms with Crippen molar-refractivity contribution in [2.45, 2.75) is 24.8 Å². The maximum absolute atomic E-state index is 5.81. The molecule has 0 saturated heterocycles. The highest BCUT2D eigenvalue weighted by Crippen LogP contribution is 2.30. The van der Waals surface area contributed by atoms with E-state index in [1.807, 2.05) is 30.3 Å². The summed E-state index contributed by atoms with van der Waals surface area (Å²) in [5.74, 6) is 2.05. The van der Waals surface area contributed by atoms with Gasteiger partial charge in [0, 0.05) is 22.3 Å². The number of aryl methyl sites for hydroxylation is 2. The molecule has 2 heterocycles. The smallest absolute Gasteiger partial charge is 0.277 e. The minimum atomic E-state index is 0.543. The zero-order valence-electron chi connectivity index (χ0n) is 15.8. The minimum Gasteiger partial charge on any atom is -0.497 e. The zero-order valence-corrected chi connectivity index (χ0v) is 17.4. The highest BCUT2D eigenvalue weighted by Gasteiger charge is 2.12. The predicted molar refractivity (Wildman–Crippen MR) is 113 cm³/mol. The number of rotatable bonds is 6. The standard InChI is InChI=1S/C21H19N3O2S2/c1-13-7-8-15(9-14(13)2)19-23-24-21(26-19)28-12-17-11-27-20(22-17)16-5-4-6-18(10-16)25-3/h4-11H,12H2,1-3H3. The van der Waals surface area contributed by atoms with Crippen LogP contribution in [0.3, 0.4) is 0 Å². The normalized spacial score (nSPS) is 11.0. The summed E-state index contributed by atoms with van der Waals surface area (Å²) in [6, 6.07) is 14.1. The Kier molecular flexibility index (Phi) is 5.45. The second-order valence-electron chi connectivity index (χ2n) is 6.34. The molecule has 0 N–H and O–H groups in total. The van der Waals surface area contributed by atoms with Gasteiger partial charge in [-0.2, -0.15) is 0 Å². The molecule has 4 aromatic rings. The van der Waals surface area contributed by atoms with Crippen molar-refractivity contribution in [3.63, 3.8) is 0 Å². The fourth-order valence-corrected chi connectivity index (χ4v) is 4.23. The van der Waals surface area contributed by atoms with Crippen LogP contribution in [-0.2, 0) is 5.75 Å². The highest BCUT2D eigenvalue weighted by molar-refractivity contribution is 7.98. The van der Waals surface area contributed by atoms with Gasteiger partial charge in [-0.1, -0.05) is 30.0 Å². The van der Waals surface area contributed by atoms with E-state index in [1.165, 1.54) is 22.9 Å². The van der Waals surface area contributed by atoms with Crippen molar-refractivity contribution in [3.05, 3.63) is 64.7 Å². The second kappa shape index (κ2) is 8.16. The van der Waals surface area contributed by atoms with Gasteiger partial charge in [0.1, 0.15) is 10.8 Å². The molecule has 0 unspecified atom stereocenters. The molecule has 28 heavy (non-hydrogen) atoms. The third kappa shape index (κ3) is 4.10. The van der Waals surface area contributed by atoms with Crippen molar-refractivity contribution in [1.29, 1.82) is 0 Å². The van der Waals surface area contributed by atoms with Crippen molar-refractivity contribution in [2.75, 3.05) is 7.11 Å². The van der Waals surface area contributed by atoms with Gasteiger partial charge >= 0.3 is 0 Å². The molecule has 0 amide bonds. The maximum atomic E-state index is 5.81. The molecule has 0 spiro atoms. The van der Waals surface area contributed by atoms with Gasteiger partial charge in [-0.05, 0) is 49.2 Å². The molecule has 0 bridgehead atoms. The first-order valence-corrected chi connectivity index (χ1v) is 10.6. The molecular formula is C21H19N3O2S2. The van der Waals surface area contributed by atoms with Crippen LogP contribution in [0.25, 0.3) is 22.0 Å². The Bertz CT molecular complexity index is 1100. The summed E-state index contributed by atoms with van der Waals surface area (Å²) >= 11 is 3.11. The van der Waals surface area contributed by atoms with Crippen LogP contribution in [0.15, 0.2) is 57.5 Å². The molecule has 0 fully saturated rings. The summed E-state index contributed by atoms with van der Waals surface area (Å²) in [5.41, 5.74) is 5.43. The van der Waals surface area contributed by atoms with Crippen molar-refractivity contribution < 1.29 is 9.15 Å². The zero-order chi connectivity index (χ0) is 19.5. The number of benzene rings is 2. The molecule has 0 aliphatic heterocycles. The van der Waals surface area contributed by atoms with Crippen LogP contribution in [0.1, 0.15) is 16.8 Å². The number of hydrogen-bond acceptors (Lipinski definition) is 7. The first kappa shape index (κ1) is 18.7. The first-order valence-electron chi connectivity index (χ1n) is 8.75. The first-order chi connectivity index (χ1) is 13.6. The van der Waals surface area contributed by atoms with Crippen molar-refractivity contribution >= 4 is 23.1 Å². The fraction of sp³-hybridized carbons (Fsp3) is 0.190. The summed E-state index contributed by atoms with van der Waals surface area (Å²) < 4.78 is 11.1. The Morgan fingerprint density at radius 1 is 1.04 bits per heavy atom. The average Bonchev–Trinajstić information content (AvgIpc) is 3.38. The van der Waals surface area contributed by atoms with E-state index in [-0.39, 0.29) is 0 Å². The maximum Gasteiger partial charge on any atom is 0.277 e. The molecule has 0 aliphatic carbocycles. The van der Waals surface area contributed by atoms with Gasteiger partial charge in [-0.25, -0.2) is 4.98 Å². The lowest BCUT2D eigenvalue weighted by molar-refractivity contribution is 0.415. The Labute approximate surface area is 171 Å².